The molecular formula is C6H8NS. The van der Waals surface area contributed by atoms with Crippen LogP contribution < -0.4 is 0 Å². The van der Waals surface area contributed by atoms with E-state index in [9.17, 15) is 0 Å². The maximum atomic E-state index is 4.01. The lowest BCUT2D eigenvalue weighted by atomic mass is 10.2. The predicted molar refractivity (Wildman–Crippen MR) is 35.0 cm³/mol. The minimum atomic E-state index is 0.553. The van der Waals surface area contributed by atoms with E-state index in [4.69, 9.17) is 0 Å². The minimum absolute atomic E-state index is 0.553. The monoisotopic (exact) mass is 126 g/mol. The molecule has 0 unspecified atom stereocenters. The third kappa shape index (κ3) is 1.07. The van der Waals surface area contributed by atoms with Gasteiger partial charge in [0, 0.05) is 5.38 Å². The molecule has 1 rings (SSSR count). The van der Waals surface area contributed by atoms with E-state index in [1.807, 2.05) is 5.38 Å². The molecule has 0 atom stereocenters. The molecule has 2 heteroatoms. The van der Waals surface area contributed by atoms with Crippen LogP contribution in [0.1, 0.15) is 25.5 Å². The lowest BCUT2D eigenvalue weighted by Crippen LogP contribution is -1.83. The Labute approximate surface area is 53.4 Å². The third-order valence-corrected chi connectivity index (χ3v) is 1.55. The summed E-state index contributed by atoms with van der Waals surface area (Å²) < 4.78 is 0. The van der Waals surface area contributed by atoms with Gasteiger partial charge in [0.05, 0.1) is 5.69 Å². The first-order chi connectivity index (χ1) is 3.80. The summed E-state index contributed by atoms with van der Waals surface area (Å²) in [6.07, 6.45) is 0. The van der Waals surface area contributed by atoms with Crippen molar-refractivity contribution in [3.8, 4) is 0 Å². The van der Waals surface area contributed by atoms with Gasteiger partial charge in [-0.2, -0.15) is 0 Å². The summed E-state index contributed by atoms with van der Waals surface area (Å²) in [5, 5.41) is 2.03. The molecule has 0 aliphatic carbocycles. The standard InChI is InChI=1S/C6H8NS/c1-5(2)6-3-8-4-7-6/h3,5H,1-2H3. The molecule has 8 heavy (non-hydrogen) atoms. The first kappa shape index (κ1) is 5.76. The zero-order valence-corrected chi connectivity index (χ0v) is 5.83. The number of aromatic nitrogens is 1. The Bertz CT molecular complexity index is 144. The number of nitrogens with zero attached hydrogens (tertiary/aromatic N) is 1. The van der Waals surface area contributed by atoms with Gasteiger partial charge in [-0.15, -0.1) is 11.3 Å². The van der Waals surface area contributed by atoms with Gasteiger partial charge < -0.3 is 0 Å². The summed E-state index contributed by atoms with van der Waals surface area (Å²) in [7, 11) is 0. The van der Waals surface area contributed by atoms with Crippen molar-refractivity contribution >= 4 is 11.3 Å². The first-order valence-corrected chi connectivity index (χ1v) is 3.50. The molecule has 1 aromatic rings. The second-order valence-corrected chi connectivity index (χ2v) is 2.67. The molecule has 0 saturated heterocycles. The van der Waals surface area contributed by atoms with Gasteiger partial charge in [-0.3, -0.25) is 0 Å². The van der Waals surface area contributed by atoms with Crippen molar-refractivity contribution < 1.29 is 0 Å². The molecule has 0 fully saturated rings. The van der Waals surface area contributed by atoms with Gasteiger partial charge >= 0.3 is 0 Å². The quantitative estimate of drug-likeness (QED) is 0.561. The Hall–Kier alpha value is -0.370. The molecule has 0 N–H and O–H groups in total. The van der Waals surface area contributed by atoms with E-state index in [-0.39, 0.29) is 0 Å². The minimum Gasteiger partial charge on any atom is -0.238 e. The normalized spacial score (nSPS) is 10.4. The Balaban J connectivity index is 2.77. The molecule has 0 saturated carbocycles. The van der Waals surface area contributed by atoms with E-state index >= 15 is 0 Å². The van der Waals surface area contributed by atoms with E-state index in [1.54, 1.807) is 0 Å². The molecule has 0 bridgehead atoms. The molecule has 43 valence electrons. The van der Waals surface area contributed by atoms with E-state index in [0.29, 0.717) is 5.92 Å². The average molecular weight is 126 g/mol. The van der Waals surface area contributed by atoms with Gasteiger partial charge in [-0.25, -0.2) is 4.98 Å². The maximum absolute atomic E-state index is 4.01. The molecule has 0 aliphatic heterocycles. The van der Waals surface area contributed by atoms with Crippen LogP contribution in [0.5, 0.6) is 0 Å². The van der Waals surface area contributed by atoms with Crippen molar-refractivity contribution in [2.75, 3.05) is 0 Å². The average Bonchev–Trinajstić information content (AvgIpc) is 2.12. The molecule has 1 nitrogen and oxygen atoms in total. The van der Waals surface area contributed by atoms with Gasteiger partial charge in [-0.05, 0) is 5.92 Å². The van der Waals surface area contributed by atoms with Gasteiger partial charge in [0.1, 0.15) is 0 Å². The number of hydrogen-bond acceptors (Lipinski definition) is 2. The molecule has 1 aromatic heterocycles. The second-order valence-electron chi connectivity index (χ2n) is 2.02. The van der Waals surface area contributed by atoms with Crippen LogP contribution in [0.4, 0.5) is 0 Å². The fourth-order valence-corrected chi connectivity index (χ4v) is 1.11. The lowest BCUT2D eigenvalue weighted by Gasteiger charge is -1.94. The Morgan fingerprint density at radius 1 is 1.75 bits per heavy atom. The van der Waals surface area contributed by atoms with Crippen molar-refractivity contribution in [3.05, 3.63) is 16.6 Å². The van der Waals surface area contributed by atoms with E-state index in [2.05, 4.69) is 24.3 Å². The third-order valence-electron chi connectivity index (χ3n) is 0.999. The molecule has 1 radical (unpaired) electrons. The molecule has 0 spiro atoms. The first-order valence-electron chi connectivity index (χ1n) is 2.62. The van der Waals surface area contributed by atoms with Crippen LogP contribution in [0, 0.1) is 5.51 Å². The van der Waals surface area contributed by atoms with Crippen LogP contribution in [-0.4, -0.2) is 4.98 Å². The lowest BCUT2D eigenvalue weighted by molar-refractivity contribution is 0.832. The Kier molecular flexibility index (Phi) is 1.63. The molecule has 0 aromatic carbocycles. The maximum Gasteiger partial charge on any atom is 0.152 e. The fourth-order valence-electron chi connectivity index (χ4n) is 0.457. The Morgan fingerprint density at radius 2 is 2.50 bits per heavy atom. The van der Waals surface area contributed by atoms with Crippen molar-refractivity contribution in [1.82, 2.24) is 4.98 Å². The highest BCUT2D eigenvalue weighted by molar-refractivity contribution is 7.07. The molecule has 0 amide bonds. The van der Waals surface area contributed by atoms with Crippen LogP contribution in [0.3, 0.4) is 0 Å². The van der Waals surface area contributed by atoms with Gasteiger partial charge in [0.15, 0.2) is 5.51 Å². The van der Waals surface area contributed by atoms with Gasteiger partial charge in [-0.1, -0.05) is 13.8 Å². The summed E-state index contributed by atoms with van der Waals surface area (Å²) in [5.74, 6) is 0.553. The largest absolute Gasteiger partial charge is 0.238 e. The highest BCUT2D eigenvalue weighted by atomic mass is 32.1. The van der Waals surface area contributed by atoms with Crippen LogP contribution in [0.15, 0.2) is 5.38 Å². The van der Waals surface area contributed by atoms with Gasteiger partial charge in [0.25, 0.3) is 0 Å². The van der Waals surface area contributed by atoms with Crippen molar-refractivity contribution in [3.63, 3.8) is 0 Å². The van der Waals surface area contributed by atoms with Crippen LogP contribution in [0.2, 0.25) is 0 Å². The zero-order chi connectivity index (χ0) is 5.98. The number of thiazole rings is 1. The van der Waals surface area contributed by atoms with E-state index < -0.39 is 0 Å². The van der Waals surface area contributed by atoms with Crippen molar-refractivity contribution in [2.45, 2.75) is 19.8 Å². The summed E-state index contributed by atoms with van der Waals surface area (Å²) in [4.78, 5) is 4.01. The van der Waals surface area contributed by atoms with Crippen molar-refractivity contribution in [1.29, 1.82) is 0 Å². The summed E-state index contributed by atoms with van der Waals surface area (Å²) in [6, 6.07) is 0. The SMILES string of the molecule is CC(C)c1cs[c]n1. The van der Waals surface area contributed by atoms with E-state index in [0.717, 1.165) is 5.69 Å². The summed E-state index contributed by atoms with van der Waals surface area (Å²) in [6.45, 7) is 4.26. The predicted octanol–water partition coefficient (Wildman–Crippen LogP) is 2.07. The number of hydrogen-bond donors (Lipinski definition) is 0. The molecule has 0 aliphatic rings. The zero-order valence-electron chi connectivity index (χ0n) is 5.01. The van der Waals surface area contributed by atoms with Crippen molar-refractivity contribution in [2.24, 2.45) is 0 Å². The number of rotatable bonds is 1. The second kappa shape index (κ2) is 2.27. The molecular weight excluding hydrogens is 118 g/mol. The Morgan fingerprint density at radius 3 is 2.75 bits per heavy atom. The van der Waals surface area contributed by atoms with Crippen LogP contribution >= 0.6 is 11.3 Å². The van der Waals surface area contributed by atoms with Crippen LogP contribution in [-0.2, 0) is 0 Å². The van der Waals surface area contributed by atoms with Gasteiger partial charge in [0.2, 0.25) is 0 Å². The topological polar surface area (TPSA) is 12.9 Å². The smallest absolute Gasteiger partial charge is 0.152 e. The summed E-state index contributed by atoms with van der Waals surface area (Å²) >= 11 is 1.53. The highest BCUT2D eigenvalue weighted by Crippen LogP contribution is 2.11. The highest BCUT2D eigenvalue weighted by Gasteiger charge is 1.97. The molecule has 1 heterocycles. The van der Waals surface area contributed by atoms with Crippen LogP contribution in [0.25, 0.3) is 0 Å². The fraction of sp³-hybridized carbons (Fsp3) is 0.500. The van der Waals surface area contributed by atoms with E-state index in [1.165, 1.54) is 11.3 Å². The summed E-state index contributed by atoms with van der Waals surface area (Å²) in [5.41, 5.74) is 3.95.